The minimum absolute atomic E-state index is 0.133. The molecule has 0 unspecified atom stereocenters. The van der Waals surface area contributed by atoms with Crippen LogP contribution in [0.25, 0.3) is 5.69 Å². The third-order valence-corrected chi connectivity index (χ3v) is 6.59. The molecular weight excluding hydrogens is 497 g/mol. The zero-order valence-electron chi connectivity index (χ0n) is 21.7. The number of aryl methyl sites for hydroxylation is 2. The van der Waals surface area contributed by atoms with Gasteiger partial charge in [0.05, 0.1) is 21.4 Å². The van der Waals surface area contributed by atoms with Crippen LogP contribution in [-0.2, 0) is 10.2 Å². The van der Waals surface area contributed by atoms with Gasteiger partial charge in [0, 0.05) is 23.2 Å². The second-order valence-corrected chi connectivity index (χ2v) is 11.0. The number of carbonyl (C=O) groups excluding carboxylic acids is 2. The Bertz CT molecular complexity index is 1280. The van der Waals surface area contributed by atoms with Crippen LogP contribution in [0.4, 0.5) is 16.3 Å². The molecule has 36 heavy (non-hydrogen) atoms. The summed E-state index contributed by atoms with van der Waals surface area (Å²) in [6.07, 6.45) is 0. The van der Waals surface area contributed by atoms with Gasteiger partial charge in [-0.15, -0.1) is 0 Å². The molecule has 0 radical (unpaired) electrons. The van der Waals surface area contributed by atoms with Crippen LogP contribution in [-0.4, -0.2) is 39.2 Å². The molecule has 2 N–H and O–H groups in total. The van der Waals surface area contributed by atoms with Crippen molar-refractivity contribution in [3.8, 4) is 5.69 Å². The molecule has 3 aromatic rings. The van der Waals surface area contributed by atoms with Gasteiger partial charge in [-0.25, -0.2) is 9.48 Å². The second-order valence-electron chi connectivity index (χ2n) is 10.2. The molecule has 3 amide bonds. The van der Waals surface area contributed by atoms with Crippen LogP contribution in [0.3, 0.4) is 0 Å². The maximum Gasteiger partial charge on any atom is 0.322 e. The molecule has 3 rings (SSSR count). The highest BCUT2D eigenvalue weighted by Crippen LogP contribution is 2.29. The number of carbonyl (C=O) groups is 2. The number of urea groups is 1. The molecule has 0 aliphatic heterocycles. The molecule has 0 atom stereocenters. The Morgan fingerprint density at radius 3 is 2.25 bits per heavy atom. The SMILES string of the molecule is Cc1ccc(NC(=O)N(CC(=O)Nc2cc(C(C)(C)C)nn2-c2ccc(Cl)c(Cl)c2)C(C)C)cc1C. The maximum absolute atomic E-state index is 13.1. The highest BCUT2D eigenvalue weighted by molar-refractivity contribution is 6.42. The summed E-state index contributed by atoms with van der Waals surface area (Å²) < 4.78 is 1.62. The van der Waals surface area contributed by atoms with Crippen LogP contribution < -0.4 is 10.6 Å². The van der Waals surface area contributed by atoms with E-state index in [4.69, 9.17) is 28.3 Å². The number of amides is 3. The van der Waals surface area contributed by atoms with Gasteiger partial charge in [-0.1, -0.05) is 50.0 Å². The van der Waals surface area contributed by atoms with Crippen molar-refractivity contribution in [3.05, 3.63) is 69.3 Å². The van der Waals surface area contributed by atoms with Crippen molar-refractivity contribution in [3.63, 3.8) is 0 Å². The molecule has 1 aromatic heterocycles. The fourth-order valence-corrected chi connectivity index (χ4v) is 3.78. The first kappa shape index (κ1) is 27.6. The largest absolute Gasteiger partial charge is 0.322 e. The van der Waals surface area contributed by atoms with E-state index in [0.717, 1.165) is 16.8 Å². The summed E-state index contributed by atoms with van der Waals surface area (Å²) >= 11 is 12.3. The van der Waals surface area contributed by atoms with Crippen molar-refractivity contribution >= 4 is 46.6 Å². The molecule has 0 aliphatic carbocycles. The lowest BCUT2D eigenvalue weighted by Crippen LogP contribution is -2.44. The topological polar surface area (TPSA) is 79.3 Å². The number of hydrogen-bond acceptors (Lipinski definition) is 3. The summed E-state index contributed by atoms with van der Waals surface area (Å²) in [5, 5.41) is 11.3. The molecular formula is C27H33Cl2N5O2. The lowest BCUT2D eigenvalue weighted by Gasteiger charge is -2.26. The Morgan fingerprint density at radius 1 is 0.972 bits per heavy atom. The molecule has 0 saturated carbocycles. The molecule has 0 saturated heterocycles. The molecule has 192 valence electrons. The van der Waals surface area contributed by atoms with Crippen molar-refractivity contribution in [1.82, 2.24) is 14.7 Å². The van der Waals surface area contributed by atoms with Crippen LogP contribution in [0.5, 0.6) is 0 Å². The Hall–Kier alpha value is -3.03. The zero-order chi connectivity index (χ0) is 26.8. The van der Waals surface area contributed by atoms with Gasteiger partial charge in [0.25, 0.3) is 0 Å². The molecule has 7 nitrogen and oxygen atoms in total. The Morgan fingerprint density at radius 2 is 1.67 bits per heavy atom. The highest BCUT2D eigenvalue weighted by atomic mass is 35.5. The van der Waals surface area contributed by atoms with E-state index in [2.05, 4.69) is 10.6 Å². The van der Waals surface area contributed by atoms with Crippen LogP contribution in [0.1, 0.15) is 51.4 Å². The van der Waals surface area contributed by atoms with E-state index in [-0.39, 0.29) is 29.9 Å². The number of nitrogens with one attached hydrogen (secondary N) is 2. The smallest absolute Gasteiger partial charge is 0.313 e. The Labute approximate surface area is 222 Å². The number of hydrogen-bond donors (Lipinski definition) is 2. The molecule has 2 aromatic carbocycles. The van der Waals surface area contributed by atoms with Crippen molar-refractivity contribution < 1.29 is 9.59 Å². The summed E-state index contributed by atoms with van der Waals surface area (Å²) in [6, 6.07) is 12.1. The van der Waals surface area contributed by atoms with Gasteiger partial charge >= 0.3 is 6.03 Å². The number of halogens is 2. The monoisotopic (exact) mass is 529 g/mol. The quantitative estimate of drug-likeness (QED) is 0.361. The van der Waals surface area contributed by atoms with Gasteiger partial charge in [0.1, 0.15) is 12.4 Å². The molecule has 0 fully saturated rings. The van der Waals surface area contributed by atoms with Crippen molar-refractivity contribution in [2.75, 3.05) is 17.2 Å². The lowest BCUT2D eigenvalue weighted by molar-refractivity contribution is -0.117. The van der Waals surface area contributed by atoms with E-state index in [9.17, 15) is 9.59 Å². The van der Waals surface area contributed by atoms with E-state index < -0.39 is 0 Å². The Kier molecular flexibility index (Phi) is 8.37. The number of rotatable bonds is 6. The molecule has 0 spiro atoms. The molecule has 0 aliphatic rings. The fourth-order valence-electron chi connectivity index (χ4n) is 3.49. The minimum atomic E-state index is -0.350. The third-order valence-electron chi connectivity index (χ3n) is 5.85. The summed E-state index contributed by atoms with van der Waals surface area (Å²) in [7, 11) is 0. The van der Waals surface area contributed by atoms with E-state index in [1.807, 2.05) is 72.7 Å². The van der Waals surface area contributed by atoms with Crippen LogP contribution in [0, 0.1) is 13.8 Å². The first-order chi connectivity index (χ1) is 16.8. The third kappa shape index (κ3) is 6.59. The summed E-state index contributed by atoms with van der Waals surface area (Å²) in [5.74, 6) is 0.127. The number of benzene rings is 2. The van der Waals surface area contributed by atoms with E-state index >= 15 is 0 Å². The number of nitrogens with zero attached hydrogens (tertiary/aromatic N) is 3. The molecule has 0 bridgehead atoms. The Balaban J connectivity index is 1.83. The van der Waals surface area contributed by atoms with Gasteiger partial charge in [-0.2, -0.15) is 5.10 Å². The average Bonchev–Trinajstić information content (AvgIpc) is 3.20. The van der Waals surface area contributed by atoms with Crippen molar-refractivity contribution in [2.24, 2.45) is 0 Å². The van der Waals surface area contributed by atoms with Crippen LogP contribution in [0.15, 0.2) is 42.5 Å². The minimum Gasteiger partial charge on any atom is -0.313 e. The molecule has 1 heterocycles. The maximum atomic E-state index is 13.1. The van der Waals surface area contributed by atoms with Crippen molar-refractivity contribution in [1.29, 1.82) is 0 Å². The van der Waals surface area contributed by atoms with Gasteiger partial charge < -0.3 is 15.5 Å². The van der Waals surface area contributed by atoms with E-state index in [1.54, 1.807) is 22.9 Å². The standard InChI is InChI=1S/C27H33Cl2N5O2/c1-16(2)33(26(36)30-19-9-8-17(3)18(4)12-19)15-25(35)31-24-14-23(27(5,6)7)32-34(24)20-10-11-21(28)22(29)13-20/h8-14,16H,15H2,1-7H3,(H,30,36)(H,31,35). The van der Waals surface area contributed by atoms with E-state index in [0.29, 0.717) is 27.2 Å². The number of aromatic nitrogens is 2. The first-order valence-corrected chi connectivity index (χ1v) is 12.5. The van der Waals surface area contributed by atoms with Gasteiger partial charge in [-0.3, -0.25) is 4.79 Å². The summed E-state index contributed by atoms with van der Waals surface area (Å²) in [4.78, 5) is 27.6. The van der Waals surface area contributed by atoms with Crippen LogP contribution >= 0.6 is 23.2 Å². The molecule has 9 heteroatoms. The number of anilines is 2. The second kappa shape index (κ2) is 10.9. The van der Waals surface area contributed by atoms with Crippen molar-refractivity contribution in [2.45, 2.75) is 59.9 Å². The van der Waals surface area contributed by atoms with E-state index in [1.165, 1.54) is 4.90 Å². The average molecular weight is 531 g/mol. The van der Waals surface area contributed by atoms with Crippen LogP contribution in [0.2, 0.25) is 10.0 Å². The fraction of sp³-hybridized carbons (Fsp3) is 0.370. The highest BCUT2D eigenvalue weighted by Gasteiger charge is 2.24. The van der Waals surface area contributed by atoms with Gasteiger partial charge in [0.15, 0.2) is 0 Å². The summed E-state index contributed by atoms with van der Waals surface area (Å²) in [5.41, 5.74) is 4.09. The summed E-state index contributed by atoms with van der Waals surface area (Å²) in [6.45, 7) is 13.7. The first-order valence-electron chi connectivity index (χ1n) is 11.8. The lowest BCUT2D eigenvalue weighted by atomic mass is 9.92. The normalized spacial score (nSPS) is 11.5. The zero-order valence-corrected chi connectivity index (χ0v) is 23.3. The predicted octanol–water partition coefficient (Wildman–Crippen LogP) is 6.97. The predicted molar refractivity (Wildman–Crippen MR) is 148 cm³/mol. The van der Waals surface area contributed by atoms with Gasteiger partial charge in [-0.05, 0) is 69.2 Å². The van der Waals surface area contributed by atoms with Gasteiger partial charge in [0.2, 0.25) is 5.91 Å².